The fraction of sp³-hybridized carbons (Fsp3) is 0.233. The molecule has 0 amide bonds. The molecule has 0 unspecified atom stereocenters. The van der Waals surface area contributed by atoms with Crippen LogP contribution in [0.4, 0.5) is 4.39 Å². The van der Waals surface area contributed by atoms with Crippen LogP contribution in [0.15, 0.2) is 93.7 Å². The highest BCUT2D eigenvalue weighted by Crippen LogP contribution is 2.44. The molecule has 0 N–H and O–H groups in total. The smallest absolute Gasteiger partial charge is 0.243 e. The van der Waals surface area contributed by atoms with E-state index >= 15 is 0 Å². The summed E-state index contributed by atoms with van der Waals surface area (Å²) < 4.78 is 42.1. The van der Waals surface area contributed by atoms with Crippen molar-refractivity contribution in [1.82, 2.24) is 9.21 Å². The number of thioether (sulfide) groups is 1. The molecule has 8 heteroatoms. The van der Waals surface area contributed by atoms with Gasteiger partial charge in [0, 0.05) is 36.2 Å². The predicted octanol–water partition coefficient (Wildman–Crippen LogP) is 6.20. The van der Waals surface area contributed by atoms with E-state index in [1.54, 1.807) is 30.3 Å². The van der Waals surface area contributed by atoms with Crippen LogP contribution in [-0.2, 0) is 23.0 Å². The summed E-state index contributed by atoms with van der Waals surface area (Å²) in [6.45, 7) is 1.51. The number of sulfonamides is 1. The Labute approximate surface area is 226 Å². The fourth-order valence-electron chi connectivity index (χ4n) is 5.33. The van der Waals surface area contributed by atoms with Gasteiger partial charge in [-0.1, -0.05) is 48.2 Å². The Kier molecular flexibility index (Phi) is 6.72. The second kappa shape index (κ2) is 10.2. The first-order chi connectivity index (χ1) is 18.4. The van der Waals surface area contributed by atoms with Crippen molar-refractivity contribution < 1.29 is 17.6 Å². The molecule has 194 valence electrons. The molecular formula is C30H27FN2O3S2. The number of nitrogens with zero attached hydrogens (tertiary/aromatic N) is 2. The molecule has 0 radical (unpaired) electrons. The number of rotatable bonds is 5. The average molecular weight is 547 g/mol. The van der Waals surface area contributed by atoms with Crippen molar-refractivity contribution in [2.75, 3.05) is 13.1 Å². The number of benzene rings is 3. The Morgan fingerprint density at radius 1 is 0.868 bits per heavy atom. The first-order valence-corrected chi connectivity index (χ1v) is 15.1. The Morgan fingerprint density at radius 2 is 1.66 bits per heavy atom. The number of Topliss-reactive ketones (excluding diaryl/α,β-unsaturated/α-hetero) is 1. The second-order valence-corrected chi connectivity index (χ2v) is 12.5. The second-order valence-electron chi connectivity index (χ2n) is 9.73. The van der Waals surface area contributed by atoms with Crippen LogP contribution in [0.2, 0.25) is 0 Å². The van der Waals surface area contributed by atoms with Crippen LogP contribution < -0.4 is 0 Å². The van der Waals surface area contributed by atoms with E-state index in [4.69, 9.17) is 0 Å². The first-order valence-electron chi connectivity index (χ1n) is 12.8. The number of ketones is 1. The monoisotopic (exact) mass is 546 g/mol. The quantitative estimate of drug-likeness (QED) is 0.357. The molecule has 38 heavy (non-hydrogen) atoms. The van der Waals surface area contributed by atoms with Crippen molar-refractivity contribution >= 4 is 33.3 Å². The van der Waals surface area contributed by atoms with Gasteiger partial charge in [0.05, 0.1) is 15.6 Å². The maximum Gasteiger partial charge on any atom is 0.243 e. The summed E-state index contributed by atoms with van der Waals surface area (Å²) in [6, 6.07) is 20.8. The molecule has 0 bridgehead atoms. The summed E-state index contributed by atoms with van der Waals surface area (Å²) >= 11 is 1.51. The van der Waals surface area contributed by atoms with E-state index in [2.05, 4.69) is 4.90 Å². The van der Waals surface area contributed by atoms with E-state index in [1.165, 1.54) is 39.8 Å². The van der Waals surface area contributed by atoms with Gasteiger partial charge >= 0.3 is 0 Å². The molecule has 3 aromatic carbocycles. The number of fused-ring (bicyclic) bond motifs is 2. The lowest BCUT2D eigenvalue weighted by atomic mass is 10.00. The van der Waals surface area contributed by atoms with Crippen LogP contribution in [0.1, 0.15) is 46.3 Å². The highest BCUT2D eigenvalue weighted by molar-refractivity contribution is 8.06. The third kappa shape index (κ3) is 4.61. The van der Waals surface area contributed by atoms with Gasteiger partial charge in [-0.15, -0.1) is 0 Å². The Morgan fingerprint density at radius 3 is 2.47 bits per heavy atom. The molecule has 0 fully saturated rings. The number of hydrogen-bond acceptors (Lipinski definition) is 5. The minimum absolute atomic E-state index is 0.142. The van der Waals surface area contributed by atoms with Crippen molar-refractivity contribution in [3.63, 3.8) is 0 Å². The van der Waals surface area contributed by atoms with E-state index < -0.39 is 10.0 Å². The molecule has 0 atom stereocenters. The summed E-state index contributed by atoms with van der Waals surface area (Å²) in [5, 5.41) is 2.89. The molecule has 0 aromatic heterocycles. The van der Waals surface area contributed by atoms with Crippen molar-refractivity contribution in [1.29, 1.82) is 0 Å². The average Bonchev–Trinajstić information content (AvgIpc) is 3.24. The molecule has 3 aliphatic rings. The maximum atomic E-state index is 13.8. The van der Waals surface area contributed by atoms with Crippen molar-refractivity contribution in [3.05, 3.63) is 117 Å². The zero-order valence-electron chi connectivity index (χ0n) is 20.8. The van der Waals surface area contributed by atoms with E-state index in [0.717, 1.165) is 41.2 Å². The van der Waals surface area contributed by atoms with Crippen LogP contribution in [0.3, 0.4) is 0 Å². The Hall–Kier alpha value is -3.20. The van der Waals surface area contributed by atoms with Crippen LogP contribution in [0.25, 0.3) is 5.70 Å². The highest BCUT2D eigenvalue weighted by Gasteiger charge is 2.32. The van der Waals surface area contributed by atoms with Crippen molar-refractivity contribution in [2.45, 2.75) is 37.1 Å². The number of carbonyl (C=O) groups is 1. The lowest BCUT2D eigenvalue weighted by molar-refractivity contribution is 0.102. The minimum Gasteiger partial charge on any atom is -0.335 e. The zero-order chi connectivity index (χ0) is 26.3. The Balaban J connectivity index is 1.29. The van der Waals surface area contributed by atoms with Crippen LogP contribution in [0.5, 0.6) is 0 Å². The fourth-order valence-corrected chi connectivity index (χ4v) is 7.94. The standard InChI is InChI=1S/C30H27FN2O3S2/c31-25-13-11-22(12-14-25)28-20-37-30-27(10-3-4-16-33(28)30)29(34)23-8-5-9-26(18-23)38(35,36)32-17-15-21-6-1-2-7-24(21)19-32/h1-2,5-9,11-14,18,20H,3-4,10,15-17,19H2. The van der Waals surface area contributed by atoms with Crippen molar-refractivity contribution in [2.24, 2.45) is 0 Å². The molecule has 0 aliphatic carbocycles. The van der Waals surface area contributed by atoms with Gasteiger partial charge in [0.1, 0.15) is 5.82 Å². The first kappa shape index (κ1) is 25.1. The summed E-state index contributed by atoms with van der Waals surface area (Å²) in [7, 11) is -3.76. The van der Waals surface area contributed by atoms with E-state index in [9.17, 15) is 17.6 Å². The van der Waals surface area contributed by atoms with Gasteiger partial charge in [-0.3, -0.25) is 4.79 Å². The molecule has 0 saturated carbocycles. The zero-order valence-corrected chi connectivity index (χ0v) is 22.4. The SMILES string of the molecule is O=C(C1=C2SC=C(c3ccc(F)cc3)N2CCCC1)c1cccc(S(=O)(=O)N2CCc3ccccc3C2)c1. The topological polar surface area (TPSA) is 57.7 Å². The lowest BCUT2D eigenvalue weighted by Crippen LogP contribution is -2.36. The van der Waals surface area contributed by atoms with Gasteiger partial charge in [-0.05, 0) is 78.8 Å². The van der Waals surface area contributed by atoms with E-state index in [1.807, 2.05) is 29.7 Å². The maximum absolute atomic E-state index is 13.8. The summed E-state index contributed by atoms with van der Waals surface area (Å²) in [5.41, 5.74) is 5.13. The number of carbonyl (C=O) groups excluding carboxylic acids is 1. The molecule has 3 aromatic rings. The minimum atomic E-state index is -3.76. The number of halogens is 1. The molecule has 5 nitrogen and oxygen atoms in total. The lowest BCUT2D eigenvalue weighted by Gasteiger charge is -2.28. The third-order valence-electron chi connectivity index (χ3n) is 7.38. The van der Waals surface area contributed by atoms with Gasteiger partial charge < -0.3 is 4.90 Å². The molecule has 3 heterocycles. The number of allylic oxidation sites excluding steroid dienone is 1. The summed E-state index contributed by atoms with van der Waals surface area (Å²) in [4.78, 5) is 16.1. The molecule has 6 rings (SSSR count). The molecular weight excluding hydrogens is 519 g/mol. The summed E-state index contributed by atoms with van der Waals surface area (Å²) in [5.74, 6) is -0.430. The van der Waals surface area contributed by atoms with Crippen LogP contribution >= 0.6 is 11.8 Å². The van der Waals surface area contributed by atoms with Gasteiger partial charge in [0.15, 0.2) is 5.78 Å². The molecule has 0 spiro atoms. The normalized spacial score (nSPS) is 18.0. The largest absolute Gasteiger partial charge is 0.335 e. The van der Waals surface area contributed by atoms with Gasteiger partial charge in [-0.25, -0.2) is 12.8 Å². The van der Waals surface area contributed by atoms with Crippen molar-refractivity contribution in [3.8, 4) is 0 Å². The van der Waals surface area contributed by atoms with E-state index in [-0.39, 0.29) is 16.5 Å². The molecule has 0 saturated heterocycles. The Bertz CT molecular complexity index is 1580. The van der Waals surface area contributed by atoms with Crippen LogP contribution in [0, 0.1) is 5.82 Å². The molecule has 3 aliphatic heterocycles. The third-order valence-corrected chi connectivity index (χ3v) is 10.3. The summed E-state index contributed by atoms with van der Waals surface area (Å²) in [6.07, 6.45) is 3.08. The van der Waals surface area contributed by atoms with Gasteiger partial charge in [0.2, 0.25) is 10.0 Å². The van der Waals surface area contributed by atoms with E-state index in [0.29, 0.717) is 37.1 Å². The number of hydrogen-bond donors (Lipinski definition) is 0. The van der Waals surface area contributed by atoms with Crippen LogP contribution in [-0.4, -0.2) is 36.5 Å². The predicted molar refractivity (Wildman–Crippen MR) is 148 cm³/mol. The highest BCUT2D eigenvalue weighted by atomic mass is 32.2. The van der Waals surface area contributed by atoms with Gasteiger partial charge in [-0.2, -0.15) is 4.31 Å². The van der Waals surface area contributed by atoms with Gasteiger partial charge in [0.25, 0.3) is 0 Å².